The molecule has 1 heterocycles. The van der Waals surface area contributed by atoms with Crippen molar-refractivity contribution in [1.29, 1.82) is 0 Å². The molecule has 0 aliphatic heterocycles. The molecule has 0 saturated heterocycles. The zero-order chi connectivity index (χ0) is 11.3. The van der Waals surface area contributed by atoms with Crippen LogP contribution >= 0.6 is 0 Å². The largest absolute Gasteiger partial charge is 0.476 e. The van der Waals surface area contributed by atoms with Gasteiger partial charge >= 0.3 is 5.97 Å². The van der Waals surface area contributed by atoms with E-state index in [2.05, 4.69) is 10.2 Å². The molecule has 0 saturated carbocycles. The summed E-state index contributed by atoms with van der Waals surface area (Å²) in [6.07, 6.45) is 1.54. The summed E-state index contributed by atoms with van der Waals surface area (Å²) in [4.78, 5) is 10.7. The lowest BCUT2D eigenvalue weighted by Gasteiger charge is -1.98. The summed E-state index contributed by atoms with van der Waals surface area (Å²) >= 11 is 0. The number of aromatic carboxylic acids is 1. The SMILES string of the molecule is CC.O=C(O)c1nncc2ccccc12. The van der Waals surface area contributed by atoms with Crippen molar-refractivity contribution in [2.45, 2.75) is 13.8 Å². The highest BCUT2D eigenvalue weighted by atomic mass is 16.4. The summed E-state index contributed by atoms with van der Waals surface area (Å²) in [6.45, 7) is 4.00. The molecule has 1 aromatic heterocycles. The molecule has 0 radical (unpaired) electrons. The minimum Gasteiger partial charge on any atom is -0.476 e. The molecule has 1 N–H and O–H groups in total. The van der Waals surface area contributed by atoms with Crippen molar-refractivity contribution >= 4 is 16.7 Å². The van der Waals surface area contributed by atoms with Gasteiger partial charge in [0.2, 0.25) is 0 Å². The second kappa shape index (κ2) is 5.05. The Bertz CT molecular complexity index is 464. The van der Waals surface area contributed by atoms with Crippen LogP contribution in [0.3, 0.4) is 0 Å². The van der Waals surface area contributed by atoms with Crippen LogP contribution in [0.2, 0.25) is 0 Å². The molecule has 0 unspecified atom stereocenters. The van der Waals surface area contributed by atoms with Crippen LogP contribution in [0.25, 0.3) is 10.8 Å². The Labute approximate surface area is 87.6 Å². The Morgan fingerprint density at radius 2 is 1.93 bits per heavy atom. The molecule has 0 fully saturated rings. The second-order valence-corrected chi connectivity index (χ2v) is 2.59. The van der Waals surface area contributed by atoms with Crippen molar-refractivity contribution in [3.05, 3.63) is 36.2 Å². The highest BCUT2D eigenvalue weighted by molar-refractivity contribution is 6.01. The lowest BCUT2D eigenvalue weighted by atomic mass is 10.1. The van der Waals surface area contributed by atoms with Gasteiger partial charge in [-0.15, -0.1) is 5.10 Å². The number of hydrogen-bond acceptors (Lipinski definition) is 3. The highest BCUT2D eigenvalue weighted by Gasteiger charge is 2.09. The van der Waals surface area contributed by atoms with Crippen LogP contribution in [0.15, 0.2) is 30.5 Å². The van der Waals surface area contributed by atoms with Gasteiger partial charge in [0.15, 0.2) is 5.69 Å². The number of rotatable bonds is 1. The molecule has 4 heteroatoms. The van der Waals surface area contributed by atoms with Crippen molar-refractivity contribution in [3.63, 3.8) is 0 Å². The molecule has 1 aromatic carbocycles. The van der Waals surface area contributed by atoms with Crippen molar-refractivity contribution in [2.75, 3.05) is 0 Å². The molecule has 0 bridgehead atoms. The van der Waals surface area contributed by atoms with Crippen LogP contribution in [-0.4, -0.2) is 21.3 Å². The second-order valence-electron chi connectivity index (χ2n) is 2.59. The fourth-order valence-electron chi connectivity index (χ4n) is 1.19. The molecule has 2 aromatic rings. The quantitative estimate of drug-likeness (QED) is 0.774. The van der Waals surface area contributed by atoms with Gasteiger partial charge in [-0.3, -0.25) is 0 Å². The molecule has 4 nitrogen and oxygen atoms in total. The number of fused-ring (bicyclic) bond motifs is 1. The van der Waals surface area contributed by atoms with E-state index in [1.807, 2.05) is 19.9 Å². The number of hydrogen-bond donors (Lipinski definition) is 1. The summed E-state index contributed by atoms with van der Waals surface area (Å²) < 4.78 is 0. The molecule has 0 atom stereocenters. The zero-order valence-corrected chi connectivity index (χ0v) is 8.64. The molecule has 0 aliphatic carbocycles. The van der Waals surface area contributed by atoms with Crippen LogP contribution in [0.1, 0.15) is 24.3 Å². The Morgan fingerprint density at radius 3 is 2.60 bits per heavy atom. The molecular weight excluding hydrogens is 192 g/mol. The van der Waals surface area contributed by atoms with Gasteiger partial charge in [0, 0.05) is 10.8 Å². The first-order valence-corrected chi connectivity index (χ1v) is 4.73. The molecular formula is C11H12N2O2. The first-order valence-electron chi connectivity index (χ1n) is 4.73. The molecule has 0 aliphatic rings. The summed E-state index contributed by atoms with van der Waals surface area (Å²) in [7, 11) is 0. The zero-order valence-electron chi connectivity index (χ0n) is 8.64. The number of benzene rings is 1. The third-order valence-corrected chi connectivity index (χ3v) is 1.77. The van der Waals surface area contributed by atoms with Gasteiger partial charge in [0.25, 0.3) is 0 Å². The van der Waals surface area contributed by atoms with Gasteiger partial charge in [0.1, 0.15) is 0 Å². The van der Waals surface area contributed by atoms with Gasteiger partial charge in [0.05, 0.1) is 6.20 Å². The van der Waals surface area contributed by atoms with Crippen molar-refractivity contribution in [1.82, 2.24) is 10.2 Å². The van der Waals surface area contributed by atoms with E-state index in [0.717, 1.165) is 5.39 Å². The van der Waals surface area contributed by atoms with Crippen LogP contribution in [0.4, 0.5) is 0 Å². The van der Waals surface area contributed by atoms with E-state index in [9.17, 15) is 4.79 Å². The van der Waals surface area contributed by atoms with Crippen molar-refractivity contribution < 1.29 is 9.90 Å². The van der Waals surface area contributed by atoms with Crippen LogP contribution in [-0.2, 0) is 0 Å². The predicted octanol–water partition coefficient (Wildman–Crippen LogP) is 2.35. The maximum absolute atomic E-state index is 10.7. The van der Waals surface area contributed by atoms with E-state index >= 15 is 0 Å². The maximum Gasteiger partial charge on any atom is 0.357 e. The maximum atomic E-state index is 10.7. The van der Waals surface area contributed by atoms with Crippen molar-refractivity contribution in [2.24, 2.45) is 0 Å². The number of carbonyl (C=O) groups is 1. The Balaban J connectivity index is 0.000000531. The normalized spacial score (nSPS) is 9.20. The van der Waals surface area contributed by atoms with Gasteiger partial charge in [-0.1, -0.05) is 38.1 Å². The third-order valence-electron chi connectivity index (χ3n) is 1.77. The van der Waals surface area contributed by atoms with E-state index in [1.54, 1.807) is 24.4 Å². The first-order chi connectivity index (χ1) is 7.29. The average Bonchev–Trinajstić information content (AvgIpc) is 2.31. The van der Waals surface area contributed by atoms with Gasteiger partial charge in [-0.2, -0.15) is 5.10 Å². The van der Waals surface area contributed by atoms with E-state index in [0.29, 0.717) is 5.39 Å². The van der Waals surface area contributed by atoms with E-state index in [1.165, 1.54) is 0 Å². The number of nitrogens with zero attached hydrogens (tertiary/aromatic N) is 2. The summed E-state index contributed by atoms with van der Waals surface area (Å²) in [5.74, 6) is -1.05. The van der Waals surface area contributed by atoms with E-state index in [-0.39, 0.29) is 5.69 Å². The Hall–Kier alpha value is -1.97. The Kier molecular flexibility index (Phi) is 3.74. The van der Waals surface area contributed by atoms with Crippen LogP contribution in [0.5, 0.6) is 0 Å². The molecule has 15 heavy (non-hydrogen) atoms. The fourth-order valence-corrected chi connectivity index (χ4v) is 1.19. The third kappa shape index (κ3) is 2.28. The first kappa shape index (κ1) is 11.1. The predicted molar refractivity (Wildman–Crippen MR) is 57.8 cm³/mol. The lowest BCUT2D eigenvalue weighted by Crippen LogP contribution is -2.02. The lowest BCUT2D eigenvalue weighted by molar-refractivity contribution is 0.0691. The summed E-state index contributed by atoms with van der Waals surface area (Å²) in [5, 5.41) is 17.3. The monoisotopic (exact) mass is 204 g/mol. The molecule has 78 valence electrons. The molecule has 0 amide bonds. The van der Waals surface area contributed by atoms with Gasteiger partial charge in [-0.05, 0) is 0 Å². The minimum atomic E-state index is -1.05. The standard InChI is InChI=1S/C9H6N2O2.C2H6/c12-9(13)8-7-4-2-1-3-6(7)5-10-11-8;1-2/h1-5H,(H,12,13);1-2H3. The highest BCUT2D eigenvalue weighted by Crippen LogP contribution is 2.14. The fraction of sp³-hybridized carbons (Fsp3) is 0.182. The van der Waals surface area contributed by atoms with Crippen LogP contribution < -0.4 is 0 Å². The average molecular weight is 204 g/mol. The summed E-state index contributed by atoms with van der Waals surface area (Å²) in [6, 6.07) is 7.12. The minimum absolute atomic E-state index is 0.00176. The van der Waals surface area contributed by atoms with Crippen molar-refractivity contribution in [3.8, 4) is 0 Å². The number of aromatic nitrogens is 2. The van der Waals surface area contributed by atoms with E-state index in [4.69, 9.17) is 5.11 Å². The smallest absolute Gasteiger partial charge is 0.357 e. The Morgan fingerprint density at radius 1 is 1.27 bits per heavy atom. The summed E-state index contributed by atoms with van der Waals surface area (Å²) in [5.41, 5.74) is -0.00176. The van der Waals surface area contributed by atoms with Gasteiger partial charge < -0.3 is 5.11 Å². The van der Waals surface area contributed by atoms with Crippen LogP contribution in [0, 0.1) is 0 Å². The number of carboxylic acids is 1. The molecule has 2 rings (SSSR count). The molecule has 0 spiro atoms. The topological polar surface area (TPSA) is 63.1 Å². The van der Waals surface area contributed by atoms with Gasteiger partial charge in [-0.25, -0.2) is 4.79 Å². The van der Waals surface area contributed by atoms with E-state index < -0.39 is 5.97 Å². The number of carboxylic acid groups (broad SMARTS) is 1.